The number of carbonyl (C=O) groups is 2. The standard InChI is InChI=1S/2C11H22N2O3/c2*1-10(2,3)16-9(14)13-6-4-11(15,8-12)5-7-13/h2*15H,4-8,12H2,1-3H3. The number of hydrogen-bond donors (Lipinski definition) is 4. The fourth-order valence-electron chi connectivity index (χ4n) is 3.27. The Bertz CT molecular complexity index is 559. The van der Waals surface area contributed by atoms with Crippen LogP contribution in [0, 0.1) is 0 Å². The van der Waals surface area contributed by atoms with Crippen LogP contribution in [-0.2, 0) is 9.47 Å². The van der Waals surface area contributed by atoms with Gasteiger partial charge in [0, 0.05) is 39.3 Å². The molecule has 0 saturated carbocycles. The first-order valence-corrected chi connectivity index (χ1v) is 11.3. The van der Waals surface area contributed by atoms with E-state index in [0.29, 0.717) is 51.9 Å². The maximum absolute atomic E-state index is 11.7. The van der Waals surface area contributed by atoms with Gasteiger partial charge in [0.05, 0.1) is 11.2 Å². The van der Waals surface area contributed by atoms with Crippen LogP contribution in [0.3, 0.4) is 0 Å². The summed E-state index contributed by atoms with van der Waals surface area (Å²) in [5, 5.41) is 19.8. The van der Waals surface area contributed by atoms with E-state index in [9.17, 15) is 19.8 Å². The topological polar surface area (TPSA) is 152 Å². The summed E-state index contributed by atoms with van der Waals surface area (Å²) in [7, 11) is 0. The molecule has 0 aromatic rings. The largest absolute Gasteiger partial charge is 0.444 e. The molecule has 10 heteroatoms. The second-order valence-corrected chi connectivity index (χ2v) is 10.8. The molecule has 2 amide bonds. The van der Waals surface area contributed by atoms with Crippen molar-refractivity contribution in [3.8, 4) is 0 Å². The minimum Gasteiger partial charge on any atom is -0.444 e. The van der Waals surface area contributed by atoms with Gasteiger partial charge in [-0.2, -0.15) is 0 Å². The van der Waals surface area contributed by atoms with Crippen LogP contribution in [0.4, 0.5) is 9.59 Å². The Morgan fingerprint density at radius 1 is 0.719 bits per heavy atom. The van der Waals surface area contributed by atoms with E-state index in [-0.39, 0.29) is 25.3 Å². The molecule has 2 saturated heterocycles. The third-order valence-electron chi connectivity index (χ3n) is 5.45. The van der Waals surface area contributed by atoms with Gasteiger partial charge in [0.25, 0.3) is 0 Å². The Kier molecular flexibility index (Phi) is 9.77. The quantitative estimate of drug-likeness (QED) is 0.483. The van der Waals surface area contributed by atoms with Gasteiger partial charge >= 0.3 is 12.2 Å². The van der Waals surface area contributed by atoms with Gasteiger partial charge in [-0.25, -0.2) is 9.59 Å². The SMILES string of the molecule is CC(C)(C)OC(=O)N1CCC(O)(CN)CC1.CC(C)(C)OC(=O)N1CCC(O)(CN)CC1. The lowest BCUT2D eigenvalue weighted by Crippen LogP contribution is -2.51. The molecule has 32 heavy (non-hydrogen) atoms. The molecule has 0 aromatic carbocycles. The molecule has 10 nitrogen and oxygen atoms in total. The van der Waals surface area contributed by atoms with E-state index in [1.54, 1.807) is 9.80 Å². The highest BCUT2D eigenvalue weighted by Gasteiger charge is 2.35. The number of ether oxygens (including phenoxy) is 2. The van der Waals surface area contributed by atoms with Crippen LogP contribution in [0.15, 0.2) is 0 Å². The number of rotatable bonds is 2. The van der Waals surface area contributed by atoms with Crippen molar-refractivity contribution in [3.05, 3.63) is 0 Å². The second kappa shape index (κ2) is 11.0. The van der Waals surface area contributed by atoms with E-state index in [4.69, 9.17) is 20.9 Å². The van der Waals surface area contributed by atoms with Crippen molar-refractivity contribution in [1.29, 1.82) is 0 Å². The third-order valence-corrected chi connectivity index (χ3v) is 5.45. The summed E-state index contributed by atoms with van der Waals surface area (Å²) in [6, 6.07) is 0. The molecular formula is C22H44N4O6. The van der Waals surface area contributed by atoms with Crippen LogP contribution in [0.1, 0.15) is 67.2 Å². The fourth-order valence-corrected chi connectivity index (χ4v) is 3.27. The summed E-state index contributed by atoms with van der Waals surface area (Å²) < 4.78 is 10.5. The molecule has 2 rings (SSSR count). The van der Waals surface area contributed by atoms with Crippen LogP contribution in [0.2, 0.25) is 0 Å². The lowest BCUT2D eigenvalue weighted by molar-refractivity contribution is -0.0277. The van der Waals surface area contributed by atoms with E-state index in [1.807, 2.05) is 41.5 Å². The number of carbonyl (C=O) groups excluding carboxylic acids is 2. The molecule has 0 aliphatic carbocycles. The Morgan fingerprint density at radius 2 is 0.969 bits per heavy atom. The fraction of sp³-hybridized carbons (Fsp3) is 0.909. The first-order chi connectivity index (χ1) is 14.5. The smallest absolute Gasteiger partial charge is 0.410 e. The molecule has 6 N–H and O–H groups in total. The average molecular weight is 461 g/mol. The first kappa shape index (κ1) is 28.4. The Hall–Kier alpha value is -1.62. The van der Waals surface area contributed by atoms with Gasteiger partial charge in [-0.15, -0.1) is 0 Å². The van der Waals surface area contributed by atoms with E-state index < -0.39 is 22.4 Å². The normalized spacial score (nSPS) is 20.7. The minimum absolute atomic E-state index is 0.245. The summed E-state index contributed by atoms with van der Waals surface area (Å²) in [5.41, 5.74) is 8.39. The highest BCUT2D eigenvalue weighted by atomic mass is 16.6. The number of likely N-dealkylation sites (tertiary alicyclic amines) is 2. The first-order valence-electron chi connectivity index (χ1n) is 11.3. The molecule has 0 atom stereocenters. The van der Waals surface area contributed by atoms with Crippen molar-refractivity contribution < 1.29 is 29.3 Å². The van der Waals surface area contributed by atoms with E-state index in [1.165, 1.54) is 0 Å². The van der Waals surface area contributed by atoms with Crippen molar-refractivity contribution >= 4 is 12.2 Å². The summed E-state index contributed by atoms with van der Waals surface area (Å²) in [4.78, 5) is 26.6. The second-order valence-electron chi connectivity index (χ2n) is 10.8. The number of nitrogens with two attached hydrogens (primary N) is 2. The predicted octanol–water partition coefficient (Wildman–Crippen LogP) is 1.41. The Balaban J connectivity index is 0.000000320. The van der Waals surface area contributed by atoms with Gasteiger partial charge < -0.3 is 41.0 Å². The zero-order chi connectivity index (χ0) is 24.8. The van der Waals surface area contributed by atoms with Crippen LogP contribution in [0.5, 0.6) is 0 Å². The van der Waals surface area contributed by atoms with Crippen molar-refractivity contribution in [3.63, 3.8) is 0 Å². The van der Waals surface area contributed by atoms with Crippen LogP contribution in [0.25, 0.3) is 0 Å². The third kappa shape index (κ3) is 9.89. The highest BCUT2D eigenvalue weighted by Crippen LogP contribution is 2.23. The van der Waals surface area contributed by atoms with Gasteiger partial charge in [0.15, 0.2) is 0 Å². The molecule has 188 valence electrons. The summed E-state index contributed by atoms with van der Waals surface area (Å²) in [6.45, 7) is 13.5. The summed E-state index contributed by atoms with van der Waals surface area (Å²) in [6.07, 6.45) is 1.44. The van der Waals surface area contributed by atoms with E-state index in [0.717, 1.165) is 0 Å². The maximum Gasteiger partial charge on any atom is 0.410 e. The number of amides is 2. The molecule has 2 fully saturated rings. The number of aliphatic hydroxyl groups is 2. The van der Waals surface area contributed by atoms with Crippen molar-refractivity contribution in [1.82, 2.24) is 9.80 Å². The van der Waals surface area contributed by atoms with Gasteiger partial charge in [-0.1, -0.05) is 0 Å². The van der Waals surface area contributed by atoms with Gasteiger partial charge in [0.2, 0.25) is 0 Å². The van der Waals surface area contributed by atoms with Crippen molar-refractivity contribution in [2.24, 2.45) is 11.5 Å². The molecule has 0 bridgehead atoms. The zero-order valence-electron chi connectivity index (χ0n) is 20.6. The highest BCUT2D eigenvalue weighted by molar-refractivity contribution is 5.68. The maximum atomic E-state index is 11.7. The number of hydrogen-bond acceptors (Lipinski definition) is 8. The van der Waals surface area contributed by atoms with E-state index in [2.05, 4.69) is 0 Å². The zero-order valence-corrected chi connectivity index (χ0v) is 20.6. The number of piperidine rings is 2. The summed E-state index contributed by atoms with van der Waals surface area (Å²) in [5.74, 6) is 0. The molecule has 0 spiro atoms. The molecule has 2 heterocycles. The molecular weight excluding hydrogens is 416 g/mol. The van der Waals surface area contributed by atoms with Gasteiger partial charge in [0.1, 0.15) is 11.2 Å². The average Bonchev–Trinajstić information content (AvgIpc) is 2.67. The van der Waals surface area contributed by atoms with Crippen molar-refractivity contribution in [2.75, 3.05) is 39.3 Å². The Labute approximate surface area is 192 Å². The number of nitrogens with zero attached hydrogens (tertiary/aromatic N) is 2. The Morgan fingerprint density at radius 3 is 1.16 bits per heavy atom. The van der Waals surface area contributed by atoms with Gasteiger partial charge in [-0.3, -0.25) is 0 Å². The van der Waals surface area contributed by atoms with Crippen molar-refractivity contribution in [2.45, 2.75) is 89.6 Å². The van der Waals surface area contributed by atoms with Crippen LogP contribution < -0.4 is 11.5 Å². The van der Waals surface area contributed by atoms with Gasteiger partial charge in [-0.05, 0) is 67.2 Å². The summed E-state index contributed by atoms with van der Waals surface area (Å²) >= 11 is 0. The lowest BCUT2D eigenvalue weighted by Gasteiger charge is -2.37. The molecule has 0 radical (unpaired) electrons. The predicted molar refractivity (Wildman–Crippen MR) is 122 cm³/mol. The van der Waals surface area contributed by atoms with E-state index >= 15 is 0 Å². The monoisotopic (exact) mass is 460 g/mol. The molecule has 0 aromatic heterocycles. The minimum atomic E-state index is -0.807. The molecule has 2 aliphatic heterocycles. The van der Waals surface area contributed by atoms with Crippen LogP contribution in [-0.4, -0.2) is 93.9 Å². The van der Waals surface area contributed by atoms with Crippen LogP contribution >= 0.6 is 0 Å². The lowest BCUT2D eigenvalue weighted by atomic mass is 9.92. The molecule has 2 aliphatic rings. The molecule has 0 unspecified atom stereocenters.